The van der Waals surface area contributed by atoms with Crippen LogP contribution in [0.5, 0.6) is 0 Å². The Bertz CT molecular complexity index is 610. The first-order valence-corrected chi connectivity index (χ1v) is 7.53. The predicted molar refractivity (Wildman–Crippen MR) is 86.5 cm³/mol. The minimum Gasteiger partial charge on any atom is -0.320 e. The molecule has 1 aliphatic rings. The zero-order valence-corrected chi connectivity index (χ0v) is 12.2. The van der Waals surface area contributed by atoms with Crippen molar-refractivity contribution in [2.75, 3.05) is 12.0 Å². The fourth-order valence-corrected chi connectivity index (χ4v) is 3.05. The van der Waals surface area contributed by atoms with Crippen LogP contribution in [0.4, 0.5) is 5.69 Å². The Balaban J connectivity index is 1.68. The van der Waals surface area contributed by atoms with Gasteiger partial charge in [-0.2, -0.15) is 0 Å². The van der Waals surface area contributed by atoms with Crippen LogP contribution < -0.4 is 10.9 Å². The Morgan fingerprint density at radius 1 is 1.15 bits per heavy atom. The van der Waals surface area contributed by atoms with Gasteiger partial charge in [0, 0.05) is 22.4 Å². The molecule has 0 saturated carbocycles. The molecule has 0 aromatic heterocycles. The number of fused-ring (bicyclic) bond motifs is 1. The summed E-state index contributed by atoms with van der Waals surface area (Å²) in [5, 5.41) is 0.218. The highest BCUT2D eigenvalue weighted by Crippen LogP contribution is 2.28. The SMILES string of the molecule is Cc1ccc2c(c1)C=NCC(NNc1ccccc1)S2. The molecule has 1 aliphatic heterocycles. The highest BCUT2D eigenvalue weighted by Gasteiger charge is 2.14. The normalized spacial score (nSPS) is 17.4. The molecule has 0 radical (unpaired) electrons. The summed E-state index contributed by atoms with van der Waals surface area (Å²) in [7, 11) is 0. The van der Waals surface area contributed by atoms with Gasteiger partial charge in [-0.1, -0.05) is 29.8 Å². The van der Waals surface area contributed by atoms with Crippen LogP contribution in [0.25, 0.3) is 0 Å². The minimum atomic E-state index is 0.218. The summed E-state index contributed by atoms with van der Waals surface area (Å²) in [5.74, 6) is 0. The second-order valence-corrected chi connectivity index (χ2v) is 6.02. The van der Waals surface area contributed by atoms with Crippen molar-refractivity contribution in [2.24, 2.45) is 4.99 Å². The summed E-state index contributed by atoms with van der Waals surface area (Å²) in [5.41, 5.74) is 10.1. The summed E-state index contributed by atoms with van der Waals surface area (Å²) in [6, 6.07) is 16.6. The van der Waals surface area contributed by atoms with Crippen molar-refractivity contribution in [3.8, 4) is 0 Å². The number of anilines is 1. The molecular weight excluding hydrogens is 266 g/mol. The third-order valence-electron chi connectivity index (χ3n) is 3.09. The zero-order chi connectivity index (χ0) is 13.8. The first-order chi connectivity index (χ1) is 9.81. The molecule has 0 aliphatic carbocycles. The van der Waals surface area contributed by atoms with Gasteiger partial charge in [0.2, 0.25) is 0 Å². The monoisotopic (exact) mass is 283 g/mol. The second-order valence-electron chi connectivity index (χ2n) is 4.78. The maximum Gasteiger partial charge on any atom is 0.0954 e. The Morgan fingerprint density at radius 2 is 2.00 bits per heavy atom. The molecule has 3 rings (SSSR count). The number of aliphatic imine (C=N–C) groups is 1. The molecule has 0 bridgehead atoms. The highest BCUT2D eigenvalue weighted by atomic mass is 32.2. The van der Waals surface area contributed by atoms with E-state index in [1.807, 2.05) is 48.3 Å². The lowest BCUT2D eigenvalue weighted by Crippen LogP contribution is -2.33. The molecule has 1 unspecified atom stereocenters. The van der Waals surface area contributed by atoms with E-state index in [4.69, 9.17) is 0 Å². The standard InChI is InChI=1S/C16H17N3S/c1-12-7-8-15-13(9-12)10-17-11-16(20-15)19-18-14-5-3-2-4-6-14/h2-10,16,18-19H,11H2,1H3. The molecule has 20 heavy (non-hydrogen) atoms. The van der Waals surface area contributed by atoms with E-state index < -0.39 is 0 Å². The van der Waals surface area contributed by atoms with Crippen LogP contribution in [0.3, 0.4) is 0 Å². The van der Waals surface area contributed by atoms with Crippen molar-refractivity contribution in [3.05, 3.63) is 59.7 Å². The van der Waals surface area contributed by atoms with Crippen molar-refractivity contribution >= 4 is 23.7 Å². The van der Waals surface area contributed by atoms with Crippen LogP contribution >= 0.6 is 11.8 Å². The molecule has 3 nitrogen and oxygen atoms in total. The van der Waals surface area contributed by atoms with Crippen molar-refractivity contribution in [3.63, 3.8) is 0 Å². The minimum absolute atomic E-state index is 0.218. The van der Waals surface area contributed by atoms with Gasteiger partial charge in [-0.15, -0.1) is 11.8 Å². The van der Waals surface area contributed by atoms with E-state index in [1.165, 1.54) is 16.0 Å². The lowest BCUT2D eigenvalue weighted by Gasteiger charge is -2.17. The van der Waals surface area contributed by atoms with Crippen molar-refractivity contribution in [2.45, 2.75) is 17.2 Å². The van der Waals surface area contributed by atoms with Gasteiger partial charge in [-0.3, -0.25) is 4.99 Å². The number of hydrogen-bond acceptors (Lipinski definition) is 4. The summed E-state index contributed by atoms with van der Waals surface area (Å²) in [4.78, 5) is 5.77. The average molecular weight is 283 g/mol. The number of benzene rings is 2. The molecule has 102 valence electrons. The largest absolute Gasteiger partial charge is 0.320 e. The molecule has 0 spiro atoms. The van der Waals surface area contributed by atoms with E-state index in [2.05, 4.69) is 41.0 Å². The van der Waals surface area contributed by atoms with Crippen molar-refractivity contribution in [1.82, 2.24) is 5.43 Å². The number of nitrogens with zero attached hydrogens (tertiary/aromatic N) is 1. The van der Waals surface area contributed by atoms with Gasteiger partial charge >= 0.3 is 0 Å². The third kappa shape index (κ3) is 3.21. The smallest absolute Gasteiger partial charge is 0.0954 e. The molecule has 0 amide bonds. The Hall–Kier alpha value is -1.78. The van der Waals surface area contributed by atoms with Crippen LogP contribution in [0.1, 0.15) is 11.1 Å². The van der Waals surface area contributed by atoms with Gasteiger partial charge in [0.1, 0.15) is 0 Å². The summed E-state index contributed by atoms with van der Waals surface area (Å²) in [6.45, 7) is 2.86. The molecule has 2 aromatic rings. The number of rotatable bonds is 3. The second kappa shape index (κ2) is 6.11. The molecule has 2 N–H and O–H groups in total. The Morgan fingerprint density at radius 3 is 2.85 bits per heavy atom. The summed E-state index contributed by atoms with van der Waals surface area (Å²) < 4.78 is 0. The molecule has 0 saturated heterocycles. The van der Waals surface area contributed by atoms with E-state index in [0.717, 1.165) is 12.2 Å². The van der Waals surface area contributed by atoms with Gasteiger partial charge in [-0.25, -0.2) is 5.43 Å². The average Bonchev–Trinajstić information content (AvgIpc) is 2.67. The first kappa shape index (κ1) is 13.2. The first-order valence-electron chi connectivity index (χ1n) is 6.65. The molecule has 1 heterocycles. The van der Waals surface area contributed by atoms with E-state index in [0.29, 0.717) is 0 Å². The van der Waals surface area contributed by atoms with Gasteiger partial charge in [0.05, 0.1) is 11.9 Å². The lowest BCUT2D eigenvalue weighted by atomic mass is 10.1. The quantitative estimate of drug-likeness (QED) is 0.847. The number of hydrogen-bond donors (Lipinski definition) is 2. The topological polar surface area (TPSA) is 36.4 Å². The summed E-state index contributed by atoms with van der Waals surface area (Å²) in [6.07, 6.45) is 1.97. The number of para-hydroxylation sites is 1. The van der Waals surface area contributed by atoms with Gasteiger partial charge in [0.25, 0.3) is 0 Å². The molecule has 4 heteroatoms. The Labute approximate surface area is 123 Å². The number of thioether (sulfide) groups is 1. The van der Waals surface area contributed by atoms with Crippen LogP contribution in [0.15, 0.2) is 58.4 Å². The number of hydrazine groups is 1. The molecular formula is C16H17N3S. The lowest BCUT2D eigenvalue weighted by molar-refractivity contribution is 0.741. The van der Waals surface area contributed by atoms with E-state index >= 15 is 0 Å². The van der Waals surface area contributed by atoms with Crippen molar-refractivity contribution < 1.29 is 0 Å². The van der Waals surface area contributed by atoms with Crippen LogP contribution in [0, 0.1) is 6.92 Å². The third-order valence-corrected chi connectivity index (χ3v) is 4.26. The number of nitrogens with one attached hydrogen (secondary N) is 2. The van der Waals surface area contributed by atoms with E-state index in [1.54, 1.807) is 0 Å². The fourth-order valence-electron chi connectivity index (χ4n) is 2.07. The highest BCUT2D eigenvalue weighted by molar-refractivity contribution is 8.00. The predicted octanol–water partition coefficient (Wildman–Crippen LogP) is 3.46. The van der Waals surface area contributed by atoms with E-state index in [9.17, 15) is 0 Å². The Kier molecular flexibility index (Phi) is 4.04. The van der Waals surface area contributed by atoms with E-state index in [-0.39, 0.29) is 5.37 Å². The zero-order valence-electron chi connectivity index (χ0n) is 11.3. The van der Waals surface area contributed by atoms with Crippen LogP contribution in [0.2, 0.25) is 0 Å². The van der Waals surface area contributed by atoms with Gasteiger partial charge in [0.15, 0.2) is 0 Å². The van der Waals surface area contributed by atoms with Crippen LogP contribution in [-0.2, 0) is 0 Å². The molecule has 1 atom stereocenters. The molecule has 0 fully saturated rings. The van der Waals surface area contributed by atoms with Crippen LogP contribution in [-0.4, -0.2) is 18.1 Å². The van der Waals surface area contributed by atoms with Gasteiger partial charge < -0.3 is 5.43 Å². The summed E-state index contributed by atoms with van der Waals surface area (Å²) >= 11 is 1.81. The van der Waals surface area contributed by atoms with Gasteiger partial charge in [-0.05, 0) is 31.2 Å². The fraction of sp³-hybridized carbons (Fsp3) is 0.188. The maximum absolute atomic E-state index is 4.50. The number of aryl methyl sites for hydroxylation is 1. The maximum atomic E-state index is 4.50. The van der Waals surface area contributed by atoms with Crippen molar-refractivity contribution in [1.29, 1.82) is 0 Å². The molecule has 2 aromatic carbocycles.